The predicted molar refractivity (Wildman–Crippen MR) is 223 cm³/mol. The van der Waals surface area contributed by atoms with Crippen molar-refractivity contribution in [2.45, 2.75) is 144 Å². The van der Waals surface area contributed by atoms with Gasteiger partial charge in [-0.15, -0.1) is 18.9 Å². The van der Waals surface area contributed by atoms with Crippen LogP contribution in [0.2, 0.25) is 0 Å². The Hall–Kier alpha value is -3.67. The van der Waals surface area contributed by atoms with Crippen LogP contribution in [0.1, 0.15) is 126 Å². The average molecular weight is 750 g/mol. The number of fused-ring (bicyclic) bond motifs is 1. The SMILES string of the molecule is C#CCCC(C)C(=C)C(=O)NCC=C.C=C(NCC)OCC(NC(=O)NC(C(=C)N1C[C@H]2[C@@H](C1C(C)=O)C2(C)C)C1CCCCC1)C1CCCCC1.CC. The molecule has 6 atom stereocenters. The Balaban J connectivity index is 0.000000533. The number of rotatable bonds is 18. The molecule has 9 heteroatoms. The van der Waals surface area contributed by atoms with E-state index >= 15 is 0 Å². The number of nitrogens with one attached hydrogen (secondary N) is 4. The minimum Gasteiger partial charge on any atom is -0.478 e. The lowest BCUT2D eigenvalue weighted by Crippen LogP contribution is -2.55. The van der Waals surface area contributed by atoms with E-state index in [0.717, 1.165) is 50.9 Å². The van der Waals surface area contributed by atoms with Gasteiger partial charge in [0.05, 0.1) is 18.1 Å². The first kappa shape index (κ1) is 46.5. The Morgan fingerprint density at radius 1 is 0.963 bits per heavy atom. The Morgan fingerprint density at radius 3 is 2.09 bits per heavy atom. The maximum atomic E-state index is 13.6. The zero-order valence-corrected chi connectivity index (χ0v) is 35.0. The molecule has 0 aromatic heterocycles. The maximum absolute atomic E-state index is 13.6. The molecule has 3 saturated carbocycles. The van der Waals surface area contributed by atoms with Crippen LogP contribution < -0.4 is 21.3 Å². The van der Waals surface area contributed by atoms with E-state index in [2.05, 4.69) is 72.3 Å². The molecule has 1 aliphatic heterocycles. The van der Waals surface area contributed by atoms with Gasteiger partial charge in [0.25, 0.3) is 0 Å². The molecule has 4 fully saturated rings. The van der Waals surface area contributed by atoms with Crippen molar-refractivity contribution in [3.63, 3.8) is 0 Å². The molecule has 4 rings (SSSR count). The lowest BCUT2D eigenvalue weighted by Gasteiger charge is -2.40. The molecule has 0 aromatic rings. The molecule has 3 amide bonds. The largest absolute Gasteiger partial charge is 0.478 e. The van der Waals surface area contributed by atoms with Crippen molar-refractivity contribution >= 4 is 17.7 Å². The van der Waals surface area contributed by atoms with Crippen LogP contribution in [0, 0.1) is 47.3 Å². The zero-order chi connectivity index (χ0) is 40.4. The van der Waals surface area contributed by atoms with Gasteiger partial charge < -0.3 is 30.9 Å². The monoisotopic (exact) mass is 750 g/mol. The summed E-state index contributed by atoms with van der Waals surface area (Å²) in [5.74, 6) is 4.98. The van der Waals surface area contributed by atoms with E-state index in [0.29, 0.717) is 54.7 Å². The number of hydrogen-bond donors (Lipinski definition) is 4. The van der Waals surface area contributed by atoms with Crippen molar-refractivity contribution in [1.29, 1.82) is 0 Å². The van der Waals surface area contributed by atoms with Gasteiger partial charge in [-0.05, 0) is 87.5 Å². The summed E-state index contributed by atoms with van der Waals surface area (Å²) >= 11 is 0. The molecule has 0 spiro atoms. The minimum atomic E-state index is -0.164. The number of amides is 3. The number of ketones is 1. The number of terminal acetylenes is 1. The summed E-state index contributed by atoms with van der Waals surface area (Å²) in [6.45, 7) is 32.5. The molecule has 4 aliphatic rings. The second-order valence-electron chi connectivity index (χ2n) is 16.1. The van der Waals surface area contributed by atoms with Crippen LogP contribution >= 0.6 is 0 Å². The smallest absolute Gasteiger partial charge is 0.315 e. The first-order valence-electron chi connectivity index (χ1n) is 20.9. The highest BCUT2D eigenvalue weighted by molar-refractivity contribution is 5.93. The van der Waals surface area contributed by atoms with E-state index in [9.17, 15) is 14.4 Å². The molecule has 4 N–H and O–H groups in total. The molecule has 3 aliphatic carbocycles. The molecule has 0 aromatic carbocycles. The second-order valence-corrected chi connectivity index (χ2v) is 16.1. The number of piperidine rings is 1. The highest BCUT2D eigenvalue weighted by Crippen LogP contribution is 2.65. The van der Waals surface area contributed by atoms with E-state index in [1.54, 1.807) is 13.0 Å². The Bertz CT molecular complexity index is 1310. The molecule has 0 bridgehead atoms. The van der Waals surface area contributed by atoms with E-state index < -0.39 is 0 Å². The number of hydrogen-bond acceptors (Lipinski definition) is 6. The summed E-state index contributed by atoms with van der Waals surface area (Å²) in [4.78, 5) is 40.0. The summed E-state index contributed by atoms with van der Waals surface area (Å²) in [5, 5.41) is 12.4. The van der Waals surface area contributed by atoms with Crippen molar-refractivity contribution in [2.24, 2.45) is 35.0 Å². The Morgan fingerprint density at radius 2 is 1.56 bits per heavy atom. The van der Waals surface area contributed by atoms with Gasteiger partial charge in [0, 0.05) is 37.3 Å². The fourth-order valence-corrected chi connectivity index (χ4v) is 8.77. The minimum absolute atomic E-state index is 0.0730. The third-order valence-corrected chi connectivity index (χ3v) is 12.1. The molecule has 304 valence electrons. The number of carbonyl (C=O) groups excluding carboxylic acids is 3. The Labute approximate surface area is 329 Å². The van der Waals surface area contributed by atoms with Gasteiger partial charge >= 0.3 is 6.03 Å². The standard InChI is InChI=1S/C31H52N4O3.C12H17NO.C2H6/c1-7-32-22(4)38-19-26(23-14-10-8-11-15-23)33-30(37)34-28(24-16-12-9-13-17-24)20(2)35-18-25-27(31(25,5)6)29(35)21(3)36;1-5-7-8-10(3)11(4)12(14)13-9-6-2;1-2/h23-29,32H,2,4,7-19H2,1,3,5-6H3,(H2,33,34,37);1,6,10H,2,4,7-9H2,3H3,(H,13,14);1-2H3/t25-,26?,27-,28?,29?;;/m0../s1. The van der Waals surface area contributed by atoms with E-state index in [-0.39, 0.29) is 47.2 Å². The van der Waals surface area contributed by atoms with Crippen LogP contribution in [0.3, 0.4) is 0 Å². The maximum Gasteiger partial charge on any atom is 0.315 e. The Kier molecular flexibility index (Phi) is 20.1. The van der Waals surface area contributed by atoms with Crippen LogP contribution in [0.4, 0.5) is 4.79 Å². The van der Waals surface area contributed by atoms with Gasteiger partial charge in [-0.1, -0.05) is 92.4 Å². The van der Waals surface area contributed by atoms with Crippen LogP contribution in [-0.4, -0.2) is 67.0 Å². The number of carbonyl (C=O) groups is 3. The lowest BCUT2D eigenvalue weighted by molar-refractivity contribution is -0.122. The fraction of sp³-hybridized carbons (Fsp3) is 0.711. The highest BCUT2D eigenvalue weighted by Gasteiger charge is 2.68. The first-order chi connectivity index (χ1) is 25.8. The van der Waals surface area contributed by atoms with Gasteiger partial charge in [0.15, 0.2) is 11.7 Å². The van der Waals surface area contributed by atoms with Crippen molar-refractivity contribution in [2.75, 3.05) is 26.2 Å². The van der Waals surface area contributed by atoms with Crippen LogP contribution in [-0.2, 0) is 14.3 Å². The van der Waals surface area contributed by atoms with Crippen LogP contribution in [0.15, 0.2) is 49.5 Å². The molecular weight excluding hydrogens is 675 g/mol. The number of likely N-dealkylation sites (tertiary alicyclic amines) is 1. The normalized spacial score (nSPS) is 23.1. The fourth-order valence-electron chi connectivity index (χ4n) is 8.77. The average Bonchev–Trinajstić information content (AvgIpc) is 3.46. The third-order valence-electron chi connectivity index (χ3n) is 12.1. The van der Waals surface area contributed by atoms with Gasteiger partial charge in [0.1, 0.15) is 6.61 Å². The second kappa shape index (κ2) is 23.3. The molecular formula is C45H75N5O4. The highest BCUT2D eigenvalue weighted by atomic mass is 16.5. The van der Waals surface area contributed by atoms with E-state index in [1.807, 2.05) is 27.7 Å². The molecule has 1 saturated heterocycles. The molecule has 54 heavy (non-hydrogen) atoms. The summed E-state index contributed by atoms with van der Waals surface area (Å²) < 4.78 is 5.91. The van der Waals surface area contributed by atoms with Gasteiger partial charge in [-0.3, -0.25) is 9.59 Å². The summed E-state index contributed by atoms with van der Waals surface area (Å²) in [6, 6.07) is -0.517. The van der Waals surface area contributed by atoms with Crippen LogP contribution in [0.25, 0.3) is 0 Å². The summed E-state index contributed by atoms with van der Waals surface area (Å²) in [7, 11) is 0. The third kappa shape index (κ3) is 13.3. The molecule has 1 heterocycles. The lowest BCUT2D eigenvalue weighted by atomic mass is 9.82. The van der Waals surface area contributed by atoms with Gasteiger partial charge in [-0.2, -0.15) is 0 Å². The molecule has 0 radical (unpaired) electrons. The molecule has 9 nitrogen and oxygen atoms in total. The summed E-state index contributed by atoms with van der Waals surface area (Å²) in [5.41, 5.74) is 1.71. The van der Waals surface area contributed by atoms with E-state index in [4.69, 9.17) is 11.2 Å². The first-order valence-corrected chi connectivity index (χ1v) is 20.9. The van der Waals surface area contributed by atoms with E-state index in [1.165, 1.54) is 38.5 Å². The number of urea groups is 1. The topological polar surface area (TPSA) is 112 Å². The van der Waals surface area contributed by atoms with Crippen LogP contribution in [0.5, 0.6) is 0 Å². The summed E-state index contributed by atoms with van der Waals surface area (Å²) in [6.07, 6.45) is 19.9. The van der Waals surface area contributed by atoms with Gasteiger partial charge in [0.2, 0.25) is 5.91 Å². The zero-order valence-electron chi connectivity index (χ0n) is 35.0. The van der Waals surface area contributed by atoms with Gasteiger partial charge in [-0.25, -0.2) is 4.79 Å². The van der Waals surface area contributed by atoms with Crippen molar-refractivity contribution < 1.29 is 19.1 Å². The predicted octanol–water partition coefficient (Wildman–Crippen LogP) is 8.26. The number of Topliss-reactive ketones (excluding diaryl/α,β-unsaturated/α-hetero) is 1. The van der Waals surface area contributed by atoms with Crippen molar-refractivity contribution in [3.8, 4) is 12.3 Å². The number of nitrogens with zero attached hydrogens (tertiary/aromatic N) is 1. The van der Waals surface area contributed by atoms with Crippen molar-refractivity contribution in [1.82, 2.24) is 26.2 Å². The van der Waals surface area contributed by atoms with Crippen molar-refractivity contribution in [3.05, 3.63) is 49.5 Å². The molecule has 4 unspecified atom stereocenters. The number of ether oxygens (including phenoxy) is 1. The quantitative estimate of drug-likeness (QED) is 0.0486.